The van der Waals surface area contributed by atoms with Crippen LogP contribution in [0.2, 0.25) is 10.0 Å². The summed E-state index contributed by atoms with van der Waals surface area (Å²) >= 11 is 12.2. The number of fused-ring (bicyclic) bond motifs is 3. The average molecular weight is 636 g/mol. The molecule has 1 aromatic heterocycles. The number of Topliss-reactive ketones (excluding diaryl/α,β-unsaturated/α-hetero) is 1. The standard InChI is InChI=1S/C35H37Cl2FN4O2/c1-2-24-7-4-9-29-30(35(44)39-18-23-6-3-8-26(38)16-23)21-41(34(24)29)14-5-15-42-27-11-12-28(42)20-40(19-27)22-33(43)25-10-13-31(36)32(37)17-25/h3-4,6-10,13,16-17,21,27-28H,2,5,11-12,14-15,18-20,22H2,1H3,(H,39,44). The normalized spacial score (nSPS) is 18.6. The number of nitrogens with one attached hydrogen (secondary N) is 1. The molecule has 1 N–H and O–H groups in total. The van der Waals surface area contributed by atoms with E-state index in [0.29, 0.717) is 39.8 Å². The van der Waals surface area contributed by atoms with Gasteiger partial charge >= 0.3 is 0 Å². The minimum atomic E-state index is -0.312. The van der Waals surface area contributed by atoms with Crippen molar-refractivity contribution in [2.75, 3.05) is 26.2 Å². The Balaban J connectivity index is 1.09. The van der Waals surface area contributed by atoms with Crippen molar-refractivity contribution in [3.63, 3.8) is 0 Å². The number of ketones is 1. The fraction of sp³-hybridized carbons (Fsp3) is 0.371. The highest BCUT2D eigenvalue weighted by Gasteiger charge is 2.39. The number of para-hydroxylation sites is 1. The molecule has 3 aromatic carbocycles. The molecule has 2 fully saturated rings. The monoisotopic (exact) mass is 634 g/mol. The minimum absolute atomic E-state index is 0.0680. The molecule has 2 atom stereocenters. The summed E-state index contributed by atoms with van der Waals surface area (Å²) < 4.78 is 15.9. The van der Waals surface area contributed by atoms with E-state index in [0.717, 1.165) is 68.3 Å². The number of likely N-dealkylation sites (tertiary alicyclic amines) is 1. The van der Waals surface area contributed by atoms with Crippen molar-refractivity contribution in [1.82, 2.24) is 19.7 Å². The Bertz CT molecular complexity index is 1670. The van der Waals surface area contributed by atoms with Gasteiger partial charge in [-0.05, 0) is 67.1 Å². The molecule has 4 aromatic rings. The lowest BCUT2D eigenvalue weighted by Crippen LogP contribution is -2.54. The highest BCUT2D eigenvalue weighted by atomic mass is 35.5. The van der Waals surface area contributed by atoms with E-state index in [1.54, 1.807) is 24.3 Å². The van der Waals surface area contributed by atoms with E-state index in [4.69, 9.17) is 23.2 Å². The molecule has 0 saturated carbocycles. The molecule has 2 aliphatic heterocycles. The van der Waals surface area contributed by atoms with Crippen LogP contribution in [-0.2, 0) is 19.5 Å². The van der Waals surface area contributed by atoms with Crippen LogP contribution >= 0.6 is 23.2 Å². The van der Waals surface area contributed by atoms with Gasteiger partial charge in [0.05, 0.1) is 27.7 Å². The molecule has 3 heterocycles. The molecular weight excluding hydrogens is 598 g/mol. The maximum absolute atomic E-state index is 13.6. The van der Waals surface area contributed by atoms with Crippen molar-refractivity contribution in [1.29, 1.82) is 0 Å². The highest BCUT2D eigenvalue weighted by Crippen LogP contribution is 2.31. The molecule has 2 saturated heterocycles. The van der Waals surface area contributed by atoms with Gasteiger partial charge in [0.1, 0.15) is 5.82 Å². The van der Waals surface area contributed by atoms with Crippen molar-refractivity contribution in [3.05, 3.63) is 105 Å². The lowest BCUT2D eigenvalue weighted by molar-refractivity contribution is 0.0588. The third kappa shape index (κ3) is 6.57. The van der Waals surface area contributed by atoms with Crippen molar-refractivity contribution < 1.29 is 14.0 Å². The van der Waals surface area contributed by atoms with E-state index in [-0.39, 0.29) is 24.1 Å². The first-order valence-corrected chi connectivity index (χ1v) is 16.2. The van der Waals surface area contributed by atoms with Crippen LogP contribution in [0, 0.1) is 5.82 Å². The number of piperazine rings is 1. The molecule has 2 aliphatic rings. The summed E-state index contributed by atoms with van der Waals surface area (Å²) in [6, 6.07) is 18.4. The van der Waals surface area contributed by atoms with E-state index in [1.807, 2.05) is 24.4 Å². The molecule has 0 aliphatic carbocycles. The van der Waals surface area contributed by atoms with Gasteiger partial charge in [-0.2, -0.15) is 0 Å². The summed E-state index contributed by atoms with van der Waals surface area (Å²) in [6.45, 7) is 6.33. The van der Waals surface area contributed by atoms with Crippen LogP contribution in [0.15, 0.2) is 66.9 Å². The average Bonchev–Trinajstić information content (AvgIpc) is 3.50. The molecule has 1 amide bonds. The van der Waals surface area contributed by atoms with E-state index in [2.05, 4.69) is 32.7 Å². The summed E-state index contributed by atoms with van der Waals surface area (Å²) in [7, 11) is 0. The summed E-state index contributed by atoms with van der Waals surface area (Å²) in [4.78, 5) is 31.2. The Kier molecular flexibility index (Phi) is 9.38. The zero-order valence-corrected chi connectivity index (χ0v) is 26.4. The second-order valence-corrected chi connectivity index (χ2v) is 12.8. The summed E-state index contributed by atoms with van der Waals surface area (Å²) in [5.74, 6) is -0.401. The molecule has 44 heavy (non-hydrogen) atoms. The fourth-order valence-electron chi connectivity index (χ4n) is 6.96. The Labute approximate surface area is 267 Å². The number of rotatable bonds is 11. The third-order valence-electron chi connectivity index (χ3n) is 9.08. The van der Waals surface area contributed by atoms with Gasteiger partial charge < -0.3 is 9.88 Å². The molecule has 9 heteroatoms. The van der Waals surface area contributed by atoms with Crippen LogP contribution in [-0.4, -0.2) is 64.3 Å². The molecule has 0 radical (unpaired) electrons. The van der Waals surface area contributed by atoms with Gasteiger partial charge in [-0.25, -0.2) is 4.39 Å². The van der Waals surface area contributed by atoms with Gasteiger partial charge in [0.2, 0.25) is 0 Å². The van der Waals surface area contributed by atoms with Gasteiger partial charge in [-0.1, -0.05) is 60.5 Å². The van der Waals surface area contributed by atoms with Gasteiger partial charge in [-0.15, -0.1) is 0 Å². The second-order valence-electron chi connectivity index (χ2n) is 11.9. The Morgan fingerprint density at radius 1 is 0.955 bits per heavy atom. The Morgan fingerprint density at radius 2 is 1.73 bits per heavy atom. The zero-order chi connectivity index (χ0) is 30.8. The molecule has 6 rings (SSSR count). The van der Waals surface area contributed by atoms with Gasteiger partial charge in [0.15, 0.2) is 5.78 Å². The number of benzene rings is 3. The van der Waals surface area contributed by atoms with E-state index in [1.165, 1.54) is 17.7 Å². The van der Waals surface area contributed by atoms with Crippen molar-refractivity contribution in [2.45, 2.75) is 57.8 Å². The first kappa shape index (κ1) is 30.8. The van der Waals surface area contributed by atoms with Crippen LogP contribution in [0.3, 0.4) is 0 Å². The van der Waals surface area contributed by atoms with Crippen molar-refractivity contribution >= 4 is 45.8 Å². The van der Waals surface area contributed by atoms with Crippen LogP contribution in [0.4, 0.5) is 4.39 Å². The van der Waals surface area contributed by atoms with Crippen LogP contribution in [0.1, 0.15) is 58.0 Å². The molecule has 2 unspecified atom stereocenters. The quantitative estimate of drug-likeness (QED) is 0.181. The summed E-state index contributed by atoms with van der Waals surface area (Å²) in [5, 5.41) is 4.78. The van der Waals surface area contributed by atoms with Crippen molar-refractivity contribution in [3.8, 4) is 0 Å². The maximum atomic E-state index is 13.6. The maximum Gasteiger partial charge on any atom is 0.253 e. The second kappa shape index (κ2) is 13.4. The predicted molar refractivity (Wildman–Crippen MR) is 174 cm³/mol. The zero-order valence-electron chi connectivity index (χ0n) is 24.9. The van der Waals surface area contributed by atoms with Gasteiger partial charge in [0.25, 0.3) is 5.91 Å². The lowest BCUT2D eigenvalue weighted by atomic mass is 10.1. The lowest BCUT2D eigenvalue weighted by Gasteiger charge is -2.41. The molecular formula is C35H37Cl2FN4O2. The number of aromatic nitrogens is 1. The van der Waals surface area contributed by atoms with Crippen molar-refractivity contribution in [2.24, 2.45) is 0 Å². The van der Waals surface area contributed by atoms with Gasteiger partial charge in [0, 0.05) is 62.0 Å². The van der Waals surface area contributed by atoms with Gasteiger partial charge in [-0.3, -0.25) is 19.4 Å². The third-order valence-corrected chi connectivity index (χ3v) is 9.82. The first-order valence-electron chi connectivity index (χ1n) is 15.4. The smallest absolute Gasteiger partial charge is 0.253 e. The molecule has 0 spiro atoms. The number of carbonyl (C=O) groups excluding carboxylic acids is 2. The summed E-state index contributed by atoms with van der Waals surface area (Å²) in [5.41, 5.74) is 4.30. The number of nitrogens with zero attached hydrogens (tertiary/aromatic N) is 3. The van der Waals surface area contributed by atoms with E-state index >= 15 is 0 Å². The van der Waals surface area contributed by atoms with Crippen LogP contribution in [0.5, 0.6) is 0 Å². The van der Waals surface area contributed by atoms with E-state index in [9.17, 15) is 14.0 Å². The minimum Gasteiger partial charge on any atom is -0.348 e. The number of amides is 1. The van der Waals surface area contributed by atoms with E-state index < -0.39 is 0 Å². The predicted octanol–water partition coefficient (Wildman–Crippen LogP) is 7.00. The number of hydrogen-bond acceptors (Lipinski definition) is 4. The largest absolute Gasteiger partial charge is 0.348 e. The Morgan fingerprint density at radius 3 is 2.45 bits per heavy atom. The Hall–Kier alpha value is -3.23. The fourth-order valence-corrected chi connectivity index (χ4v) is 7.26. The number of aryl methyl sites for hydroxylation is 2. The first-order chi connectivity index (χ1) is 21.3. The SMILES string of the molecule is CCc1cccc2c(C(=O)NCc3cccc(F)c3)cn(CCCN3C4CCC3CN(CC(=O)c3ccc(Cl)c(Cl)c3)C4)c12. The highest BCUT2D eigenvalue weighted by molar-refractivity contribution is 6.42. The molecule has 2 bridgehead atoms. The molecule has 230 valence electrons. The number of hydrogen-bond donors (Lipinski definition) is 1. The van der Waals surface area contributed by atoms with Crippen LogP contribution in [0.25, 0.3) is 10.9 Å². The summed E-state index contributed by atoms with van der Waals surface area (Å²) in [6.07, 6.45) is 6.10. The number of halogens is 3. The molecule has 6 nitrogen and oxygen atoms in total. The van der Waals surface area contributed by atoms with Crippen LogP contribution < -0.4 is 5.32 Å². The number of carbonyl (C=O) groups is 2. The topological polar surface area (TPSA) is 57.6 Å².